The van der Waals surface area contributed by atoms with E-state index in [9.17, 15) is 0 Å². The van der Waals surface area contributed by atoms with E-state index in [4.69, 9.17) is 19.4 Å². The van der Waals surface area contributed by atoms with Gasteiger partial charge in [0.05, 0.1) is 16.7 Å². The minimum absolute atomic E-state index is 0.593. The molecule has 12 aromatic rings. The summed E-state index contributed by atoms with van der Waals surface area (Å²) in [6.45, 7) is 0. The lowest BCUT2D eigenvalue weighted by Gasteiger charge is -2.13. The van der Waals surface area contributed by atoms with Crippen LogP contribution in [-0.4, -0.2) is 19.5 Å². The van der Waals surface area contributed by atoms with Gasteiger partial charge in [-0.2, -0.15) is 0 Å². The van der Waals surface area contributed by atoms with Gasteiger partial charge in [0, 0.05) is 49.0 Å². The molecule has 260 valence electrons. The molecule has 0 amide bonds. The number of fused-ring (bicyclic) bond motifs is 12. The second-order valence-electron chi connectivity index (χ2n) is 14.3. The third-order valence-electron chi connectivity index (χ3n) is 11.2. The van der Waals surface area contributed by atoms with E-state index in [1.165, 1.54) is 32.3 Å². The summed E-state index contributed by atoms with van der Waals surface area (Å²) in [5, 5.41) is 11.6. The first kappa shape index (κ1) is 30.8. The lowest BCUT2D eigenvalue weighted by Crippen LogP contribution is -2.00. The third kappa shape index (κ3) is 4.52. The summed E-state index contributed by atoms with van der Waals surface area (Å²) < 4.78 is 9.29. The summed E-state index contributed by atoms with van der Waals surface area (Å²) in [4.78, 5) is 15.3. The van der Waals surface area contributed by atoms with Crippen molar-refractivity contribution in [1.82, 2.24) is 19.5 Å². The minimum atomic E-state index is 0.593. The predicted molar refractivity (Wildman–Crippen MR) is 230 cm³/mol. The van der Waals surface area contributed by atoms with Crippen LogP contribution in [0.15, 0.2) is 186 Å². The fourth-order valence-electron chi connectivity index (χ4n) is 8.74. The standard InChI is InChI=1S/C51H30N4O/c1-3-16-33(17-4-1)49-52-50(34-18-5-2-6-19-34)54-51(53-49)39-24-13-25-44-45(39)40-30-43(37-22-11-12-23-38(37)48(40)56-44)55-41-28-26-31-14-7-9-20-35(31)46(41)47-36-21-10-8-15-32(36)27-29-42(47)55/h1-30H. The van der Waals surface area contributed by atoms with Crippen LogP contribution in [0.4, 0.5) is 0 Å². The lowest BCUT2D eigenvalue weighted by atomic mass is 10.00. The molecule has 0 fully saturated rings. The number of hydrogen-bond acceptors (Lipinski definition) is 4. The molecule has 0 unspecified atom stereocenters. The molecule has 0 aliphatic rings. The maximum absolute atomic E-state index is 6.84. The van der Waals surface area contributed by atoms with Crippen LogP contribution in [0.3, 0.4) is 0 Å². The molecule has 0 atom stereocenters. The molecule has 12 rings (SSSR count). The Morgan fingerprint density at radius 1 is 0.375 bits per heavy atom. The van der Waals surface area contributed by atoms with Gasteiger partial charge in [-0.3, -0.25) is 0 Å². The molecular weight excluding hydrogens is 685 g/mol. The van der Waals surface area contributed by atoms with Crippen molar-refractivity contribution >= 4 is 76.1 Å². The molecule has 0 bridgehead atoms. The number of benzene rings is 9. The normalized spacial score (nSPS) is 11.9. The van der Waals surface area contributed by atoms with Gasteiger partial charge in [-0.25, -0.2) is 15.0 Å². The van der Waals surface area contributed by atoms with Crippen LogP contribution in [0.25, 0.3) is 116 Å². The smallest absolute Gasteiger partial charge is 0.164 e. The van der Waals surface area contributed by atoms with E-state index < -0.39 is 0 Å². The zero-order valence-electron chi connectivity index (χ0n) is 30.0. The van der Waals surface area contributed by atoms with E-state index in [1.807, 2.05) is 72.8 Å². The SMILES string of the molecule is c1ccc(-c2nc(-c3ccccc3)nc(-c3cccc4oc5c6ccccc6c(-n6c7ccc8ccccc8c7c7c8ccccc8ccc76)cc5c34)n2)cc1. The fraction of sp³-hybridized carbons (Fsp3) is 0. The Labute approximate surface area is 320 Å². The Kier molecular flexibility index (Phi) is 6.56. The van der Waals surface area contributed by atoms with Crippen molar-refractivity contribution in [3.63, 3.8) is 0 Å². The van der Waals surface area contributed by atoms with Gasteiger partial charge in [0.25, 0.3) is 0 Å². The summed E-state index contributed by atoms with van der Waals surface area (Å²) in [5.74, 6) is 1.83. The second-order valence-corrected chi connectivity index (χ2v) is 14.3. The van der Waals surface area contributed by atoms with Crippen molar-refractivity contribution in [1.29, 1.82) is 0 Å². The van der Waals surface area contributed by atoms with Gasteiger partial charge in [0.2, 0.25) is 0 Å². The molecule has 5 nitrogen and oxygen atoms in total. The molecule has 56 heavy (non-hydrogen) atoms. The average molecular weight is 715 g/mol. The highest BCUT2D eigenvalue weighted by molar-refractivity contribution is 6.29. The van der Waals surface area contributed by atoms with Crippen LogP contribution >= 0.6 is 0 Å². The van der Waals surface area contributed by atoms with Gasteiger partial charge in [-0.05, 0) is 45.8 Å². The number of rotatable bonds is 4. The van der Waals surface area contributed by atoms with E-state index >= 15 is 0 Å². The van der Waals surface area contributed by atoms with Crippen molar-refractivity contribution in [2.45, 2.75) is 0 Å². The van der Waals surface area contributed by atoms with E-state index in [0.717, 1.165) is 66.1 Å². The van der Waals surface area contributed by atoms with Crippen LogP contribution in [0.5, 0.6) is 0 Å². The summed E-state index contributed by atoms with van der Waals surface area (Å²) >= 11 is 0. The Hall–Kier alpha value is -7.63. The van der Waals surface area contributed by atoms with Crippen molar-refractivity contribution in [3.8, 4) is 39.9 Å². The molecule has 0 saturated heterocycles. The van der Waals surface area contributed by atoms with Gasteiger partial charge in [-0.1, -0.05) is 158 Å². The molecule has 0 aliphatic carbocycles. The molecule has 0 aliphatic heterocycles. The zero-order valence-corrected chi connectivity index (χ0v) is 30.0. The molecule has 3 aromatic heterocycles. The summed E-state index contributed by atoms with van der Waals surface area (Å²) in [6.07, 6.45) is 0. The van der Waals surface area contributed by atoms with Crippen molar-refractivity contribution < 1.29 is 4.42 Å². The van der Waals surface area contributed by atoms with Crippen LogP contribution in [0.2, 0.25) is 0 Å². The largest absolute Gasteiger partial charge is 0.455 e. The molecular formula is C51H30N4O. The number of hydrogen-bond donors (Lipinski definition) is 0. The lowest BCUT2D eigenvalue weighted by molar-refractivity contribution is 0.672. The van der Waals surface area contributed by atoms with Gasteiger partial charge in [-0.15, -0.1) is 0 Å². The maximum atomic E-state index is 6.84. The van der Waals surface area contributed by atoms with E-state index in [0.29, 0.717) is 17.5 Å². The van der Waals surface area contributed by atoms with Gasteiger partial charge in [0.1, 0.15) is 11.2 Å². The Balaban J connectivity index is 1.20. The molecule has 3 heterocycles. The van der Waals surface area contributed by atoms with Gasteiger partial charge in [0.15, 0.2) is 17.5 Å². The monoisotopic (exact) mass is 714 g/mol. The average Bonchev–Trinajstić information content (AvgIpc) is 3.83. The Morgan fingerprint density at radius 2 is 0.893 bits per heavy atom. The summed E-state index contributed by atoms with van der Waals surface area (Å²) in [5.41, 5.74) is 7.76. The topological polar surface area (TPSA) is 56.7 Å². The van der Waals surface area contributed by atoms with E-state index in [2.05, 4.69) is 114 Å². The predicted octanol–water partition coefficient (Wildman–Crippen LogP) is 13.3. The highest BCUT2D eigenvalue weighted by Crippen LogP contribution is 2.45. The minimum Gasteiger partial charge on any atom is -0.455 e. The highest BCUT2D eigenvalue weighted by atomic mass is 16.3. The highest BCUT2D eigenvalue weighted by Gasteiger charge is 2.23. The first-order valence-corrected chi connectivity index (χ1v) is 18.9. The molecule has 0 N–H and O–H groups in total. The van der Waals surface area contributed by atoms with E-state index in [-0.39, 0.29) is 0 Å². The number of nitrogens with zero attached hydrogens (tertiary/aromatic N) is 4. The van der Waals surface area contributed by atoms with Gasteiger partial charge >= 0.3 is 0 Å². The van der Waals surface area contributed by atoms with Crippen LogP contribution < -0.4 is 0 Å². The number of furan rings is 1. The molecule has 5 heteroatoms. The first-order valence-electron chi connectivity index (χ1n) is 18.9. The molecule has 0 saturated carbocycles. The Morgan fingerprint density at radius 3 is 1.50 bits per heavy atom. The fourth-order valence-corrected chi connectivity index (χ4v) is 8.74. The second kappa shape index (κ2) is 11.9. The number of aromatic nitrogens is 4. The van der Waals surface area contributed by atoms with Crippen molar-refractivity contribution in [3.05, 3.63) is 182 Å². The zero-order chi connectivity index (χ0) is 36.7. The van der Waals surface area contributed by atoms with E-state index in [1.54, 1.807) is 0 Å². The molecule has 0 radical (unpaired) electrons. The summed E-state index contributed by atoms with van der Waals surface area (Å²) in [6, 6.07) is 63.8. The first-order chi connectivity index (χ1) is 27.8. The van der Waals surface area contributed by atoms with Crippen molar-refractivity contribution in [2.24, 2.45) is 0 Å². The van der Waals surface area contributed by atoms with Gasteiger partial charge < -0.3 is 8.98 Å². The quantitative estimate of drug-likeness (QED) is 0.182. The Bertz CT molecular complexity index is 3380. The van der Waals surface area contributed by atoms with Crippen LogP contribution in [0.1, 0.15) is 0 Å². The maximum Gasteiger partial charge on any atom is 0.164 e. The third-order valence-corrected chi connectivity index (χ3v) is 11.2. The molecule has 9 aromatic carbocycles. The van der Waals surface area contributed by atoms with Crippen LogP contribution in [-0.2, 0) is 0 Å². The summed E-state index contributed by atoms with van der Waals surface area (Å²) in [7, 11) is 0. The molecule has 0 spiro atoms. The van der Waals surface area contributed by atoms with Crippen molar-refractivity contribution in [2.75, 3.05) is 0 Å². The van der Waals surface area contributed by atoms with Crippen LogP contribution in [0, 0.1) is 0 Å².